The first-order chi connectivity index (χ1) is 15.5. The zero-order chi connectivity index (χ0) is 22.7. The molecular weight excluding hydrogens is 426 g/mol. The lowest BCUT2D eigenvalue weighted by Gasteiger charge is -2.36. The van der Waals surface area contributed by atoms with Gasteiger partial charge in [-0.05, 0) is 48.7 Å². The van der Waals surface area contributed by atoms with E-state index < -0.39 is 5.63 Å². The Labute approximate surface area is 191 Å². The minimum Gasteiger partial charge on any atom is -0.497 e. The van der Waals surface area contributed by atoms with Crippen molar-refractivity contribution >= 4 is 28.6 Å². The van der Waals surface area contributed by atoms with Crippen LogP contribution in [-0.4, -0.2) is 43.1 Å². The number of ether oxygens (including phenoxy) is 2. The highest BCUT2D eigenvalue weighted by Crippen LogP contribution is 2.31. The molecule has 0 unspecified atom stereocenters. The van der Waals surface area contributed by atoms with Crippen molar-refractivity contribution in [3.05, 3.63) is 69.6 Å². The number of nitrogens with zero attached hydrogens (tertiary/aromatic N) is 1. The smallest absolute Gasteiger partial charge is 0.339 e. The second-order valence-corrected chi connectivity index (χ2v) is 8.96. The summed E-state index contributed by atoms with van der Waals surface area (Å²) < 4.78 is 16.0. The standard InChI is InChI=1S/C25H27NO5S/c1-16-20-9-8-19(30-3)14-23(20)31-25(28)21(16)10-11-24(27)26-12-13-32-15-22(26)17-4-6-18(29-2)7-5-17/h4-9,14,22H,10-13,15H2,1-3H3/t22-/m0/s1. The Kier molecular flexibility index (Phi) is 6.74. The highest BCUT2D eigenvalue weighted by atomic mass is 32.2. The third kappa shape index (κ3) is 4.48. The number of aryl methyl sites for hydroxylation is 1. The molecule has 0 bridgehead atoms. The minimum atomic E-state index is -0.392. The highest BCUT2D eigenvalue weighted by molar-refractivity contribution is 7.99. The molecule has 4 rings (SSSR count). The van der Waals surface area contributed by atoms with Crippen LogP contribution in [0.4, 0.5) is 0 Å². The van der Waals surface area contributed by atoms with E-state index >= 15 is 0 Å². The number of hydrogen-bond acceptors (Lipinski definition) is 6. The summed E-state index contributed by atoms with van der Waals surface area (Å²) in [6.07, 6.45) is 0.624. The molecule has 0 aliphatic carbocycles. The van der Waals surface area contributed by atoms with Gasteiger partial charge in [0.25, 0.3) is 0 Å². The second kappa shape index (κ2) is 9.69. The largest absolute Gasteiger partial charge is 0.497 e. The van der Waals surface area contributed by atoms with E-state index in [2.05, 4.69) is 0 Å². The van der Waals surface area contributed by atoms with Gasteiger partial charge in [-0.3, -0.25) is 4.79 Å². The lowest BCUT2D eigenvalue weighted by atomic mass is 10.0. The van der Waals surface area contributed by atoms with Gasteiger partial charge in [0.05, 0.1) is 20.3 Å². The van der Waals surface area contributed by atoms with Gasteiger partial charge in [-0.1, -0.05) is 12.1 Å². The van der Waals surface area contributed by atoms with E-state index in [0.717, 1.165) is 33.8 Å². The minimum absolute atomic E-state index is 0.0220. The number of methoxy groups -OCH3 is 2. The van der Waals surface area contributed by atoms with Crippen molar-refractivity contribution < 1.29 is 18.7 Å². The maximum absolute atomic E-state index is 13.2. The fourth-order valence-corrected chi connectivity index (χ4v) is 5.26. The van der Waals surface area contributed by atoms with Gasteiger partial charge in [-0.15, -0.1) is 0 Å². The summed E-state index contributed by atoms with van der Waals surface area (Å²) in [4.78, 5) is 27.8. The lowest BCUT2D eigenvalue weighted by molar-refractivity contribution is -0.133. The van der Waals surface area contributed by atoms with Crippen molar-refractivity contribution in [2.24, 2.45) is 0 Å². The maximum Gasteiger partial charge on any atom is 0.339 e. The SMILES string of the molecule is COc1ccc([C@@H]2CSCCN2C(=O)CCc2c(C)c3ccc(OC)cc3oc2=O)cc1. The molecule has 6 nitrogen and oxygen atoms in total. The number of rotatable bonds is 6. The molecule has 1 aliphatic rings. The number of thioether (sulfide) groups is 1. The van der Waals surface area contributed by atoms with Crippen LogP contribution in [-0.2, 0) is 11.2 Å². The lowest BCUT2D eigenvalue weighted by Crippen LogP contribution is -2.41. The van der Waals surface area contributed by atoms with Crippen LogP contribution in [0.15, 0.2) is 51.7 Å². The van der Waals surface area contributed by atoms with Crippen LogP contribution in [0.1, 0.15) is 29.2 Å². The summed E-state index contributed by atoms with van der Waals surface area (Å²) in [5.41, 5.74) is 2.62. The fourth-order valence-electron chi connectivity index (χ4n) is 4.17. The molecule has 0 N–H and O–H groups in total. The number of hydrogen-bond donors (Lipinski definition) is 0. The van der Waals surface area contributed by atoms with Gasteiger partial charge < -0.3 is 18.8 Å². The third-order valence-corrected chi connectivity index (χ3v) is 7.06. The Morgan fingerprint density at radius 3 is 2.56 bits per heavy atom. The number of carbonyl (C=O) groups excluding carboxylic acids is 1. The topological polar surface area (TPSA) is 69.0 Å². The van der Waals surface area contributed by atoms with Crippen LogP contribution in [0.25, 0.3) is 11.0 Å². The van der Waals surface area contributed by atoms with E-state index in [-0.39, 0.29) is 18.4 Å². The molecule has 0 radical (unpaired) electrons. The van der Waals surface area contributed by atoms with E-state index in [1.165, 1.54) is 0 Å². The first-order valence-corrected chi connectivity index (χ1v) is 11.8. The Morgan fingerprint density at radius 1 is 1.12 bits per heavy atom. The van der Waals surface area contributed by atoms with Gasteiger partial charge >= 0.3 is 5.63 Å². The van der Waals surface area contributed by atoms with E-state index in [9.17, 15) is 9.59 Å². The molecule has 2 heterocycles. The molecule has 3 aromatic rings. The summed E-state index contributed by atoms with van der Waals surface area (Å²) in [6, 6.07) is 13.4. The van der Waals surface area contributed by atoms with Gasteiger partial charge in [0, 0.05) is 41.5 Å². The van der Waals surface area contributed by atoms with Gasteiger partial charge in [0.1, 0.15) is 17.1 Å². The number of fused-ring (bicyclic) bond motifs is 1. The molecule has 1 fully saturated rings. The first kappa shape index (κ1) is 22.3. The average molecular weight is 454 g/mol. The van der Waals surface area contributed by atoms with Crippen LogP contribution in [0, 0.1) is 6.92 Å². The molecule has 168 valence electrons. The Bertz CT molecular complexity index is 1170. The van der Waals surface area contributed by atoms with Crippen LogP contribution in [0.2, 0.25) is 0 Å². The van der Waals surface area contributed by atoms with Crippen LogP contribution in [0.3, 0.4) is 0 Å². The van der Waals surface area contributed by atoms with Gasteiger partial charge in [-0.25, -0.2) is 4.79 Å². The van der Waals surface area contributed by atoms with E-state index in [0.29, 0.717) is 29.9 Å². The monoisotopic (exact) mass is 453 g/mol. The predicted octanol–water partition coefficient (Wildman–Crippen LogP) is 4.37. The number of carbonyl (C=O) groups is 1. The van der Waals surface area contributed by atoms with Crippen molar-refractivity contribution in [1.29, 1.82) is 0 Å². The molecular formula is C25H27NO5S. The second-order valence-electron chi connectivity index (χ2n) is 7.81. The van der Waals surface area contributed by atoms with Crippen molar-refractivity contribution in [2.45, 2.75) is 25.8 Å². The van der Waals surface area contributed by atoms with E-state index in [4.69, 9.17) is 13.9 Å². The number of benzene rings is 2. The zero-order valence-electron chi connectivity index (χ0n) is 18.6. The Morgan fingerprint density at radius 2 is 1.84 bits per heavy atom. The van der Waals surface area contributed by atoms with E-state index in [1.807, 2.05) is 60.0 Å². The van der Waals surface area contributed by atoms with Crippen molar-refractivity contribution in [3.8, 4) is 11.5 Å². The molecule has 1 aromatic heterocycles. The van der Waals surface area contributed by atoms with Gasteiger partial charge in [-0.2, -0.15) is 11.8 Å². The van der Waals surface area contributed by atoms with Crippen molar-refractivity contribution in [3.63, 3.8) is 0 Å². The molecule has 7 heteroatoms. The number of amides is 1. The summed E-state index contributed by atoms with van der Waals surface area (Å²) in [5.74, 6) is 3.26. The summed E-state index contributed by atoms with van der Waals surface area (Å²) >= 11 is 1.85. The predicted molar refractivity (Wildman–Crippen MR) is 127 cm³/mol. The molecule has 1 atom stereocenters. The van der Waals surface area contributed by atoms with Crippen LogP contribution >= 0.6 is 11.8 Å². The summed E-state index contributed by atoms with van der Waals surface area (Å²) in [6.45, 7) is 2.61. The maximum atomic E-state index is 13.2. The van der Waals surface area contributed by atoms with E-state index in [1.54, 1.807) is 20.3 Å². The Hall–Kier alpha value is -2.93. The highest BCUT2D eigenvalue weighted by Gasteiger charge is 2.28. The molecule has 2 aromatic carbocycles. The summed E-state index contributed by atoms with van der Waals surface area (Å²) in [7, 11) is 3.22. The van der Waals surface area contributed by atoms with Crippen molar-refractivity contribution in [1.82, 2.24) is 4.90 Å². The fraction of sp³-hybridized carbons (Fsp3) is 0.360. The molecule has 0 saturated carbocycles. The molecule has 1 saturated heterocycles. The third-order valence-electron chi connectivity index (χ3n) is 6.03. The molecule has 32 heavy (non-hydrogen) atoms. The molecule has 0 spiro atoms. The van der Waals surface area contributed by atoms with Crippen molar-refractivity contribution in [2.75, 3.05) is 32.3 Å². The summed E-state index contributed by atoms with van der Waals surface area (Å²) in [5, 5.41) is 0.860. The quantitative estimate of drug-likeness (QED) is 0.517. The van der Waals surface area contributed by atoms with Crippen LogP contribution in [0.5, 0.6) is 11.5 Å². The van der Waals surface area contributed by atoms with Gasteiger partial charge in [0.2, 0.25) is 5.91 Å². The average Bonchev–Trinajstić information content (AvgIpc) is 2.83. The van der Waals surface area contributed by atoms with Gasteiger partial charge in [0.15, 0.2) is 0 Å². The van der Waals surface area contributed by atoms with Crippen LogP contribution < -0.4 is 15.1 Å². The molecule has 1 aliphatic heterocycles. The Balaban J connectivity index is 1.53. The molecule has 1 amide bonds. The zero-order valence-corrected chi connectivity index (χ0v) is 19.4. The normalized spacial score (nSPS) is 16.2. The first-order valence-electron chi connectivity index (χ1n) is 10.6.